The van der Waals surface area contributed by atoms with E-state index in [-0.39, 0.29) is 11.3 Å². The van der Waals surface area contributed by atoms with E-state index < -0.39 is 0 Å². The van der Waals surface area contributed by atoms with Crippen LogP contribution in [-0.4, -0.2) is 35.3 Å². The molecule has 1 saturated heterocycles. The van der Waals surface area contributed by atoms with Gasteiger partial charge in [0.25, 0.3) is 0 Å². The summed E-state index contributed by atoms with van der Waals surface area (Å²) in [6.45, 7) is 3.09. The lowest BCUT2D eigenvalue weighted by Gasteiger charge is -2.35. The van der Waals surface area contributed by atoms with Gasteiger partial charge in [0.1, 0.15) is 5.37 Å². The Hall–Kier alpha value is -2.21. The van der Waals surface area contributed by atoms with E-state index in [1.54, 1.807) is 31.3 Å². The summed E-state index contributed by atoms with van der Waals surface area (Å²) in [6.07, 6.45) is 4.08. The van der Waals surface area contributed by atoms with E-state index in [1.807, 2.05) is 42.2 Å². The van der Waals surface area contributed by atoms with Crippen LogP contribution in [0.5, 0.6) is 11.5 Å². The van der Waals surface area contributed by atoms with Crippen molar-refractivity contribution in [1.82, 2.24) is 9.88 Å². The van der Waals surface area contributed by atoms with Crippen LogP contribution in [0, 0.1) is 0 Å². The van der Waals surface area contributed by atoms with Crippen LogP contribution in [0.15, 0.2) is 42.7 Å². The Morgan fingerprint density at radius 1 is 1.24 bits per heavy atom. The van der Waals surface area contributed by atoms with Crippen molar-refractivity contribution in [3.8, 4) is 11.5 Å². The molecule has 132 valence electrons. The highest BCUT2D eigenvalue weighted by atomic mass is 32.2. The molecule has 2 aromatic rings. The number of aromatic nitrogens is 1. The second-order valence-corrected chi connectivity index (χ2v) is 6.88. The summed E-state index contributed by atoms with van der Waals surface area (Å²) in [5.41, 5.74) is 2.13. The summed E-state index contributed by atoms with van der Waals surface area (Å²) < 4.78 is 11.1. The molecule has 1 fully saturated rings. The fourth-order valence-corrected chi connectivity index (χ4v) is 4.10. The zero-order chi connectivity index (χ0) is 17.6. The second kappa shape index (κ2) is 8.25. The molecule has 1 aromatic heterocycles. The van der Waals surface area contributed by atoms with E-state index in [1.165, 1.54) is 0 Å². The smallest absolute Gasteiger partial charge is 0.224 e. The molecular weight excluding hydrogens is 336 g/mol. The zero-order valence-corrected chi connectivity index (χ0v) is 15.3. The highest BCUT2D eigenvalue weighted by Gasteiger charge is 2.30. The Morgan fingerprint density at radius 2 is 2.04 bits per heavy atom. The van der Waals surface area contributed by atoms with E-state index in [0.717, 1.165) is 16.9 Å². The summed E-state index contributed by atoms with van der Waals surface area (Å²) in [7, 11) is 1.63. The number of amides is 1. The van der Waals surface area contributed by atoms with Crippen LogP contribution < -0.4 is 9.47 Å². The molecule has 1 aliphatic heterocycles. The van der Waals surface area contributed by atoms with E-state index in [0.29, 0.717) is 31.1 Å². The van der Waals surface area contributed by atoms with E-state index in [4.69, 9.17) is 9.47 Å². The molecule has 1 aliphatic rings. The number of hydrogen-bond acceptors (Lipinski definition) is 5. The third kappa shape index (κ3) is 4.07. The number of nitrogens with zero attached hydrogens (tertiary/aromatic N) is 2. The third-order valence-electron chi connectivity index (χ3n) is 4.07. The molecule has 0 saturated carbocycles. The highest BCUT2D eigenvalue weighted by Crippen LogP contribution is 2.41. The first-order chi connectivity index (χ1) is 12.2. The van der Waals surface area contributed by atoms with E-state index >= 15 is 0 Å². The molecule has 1 unspecified atom stereocenters. The predicted molar refractivity (Wildman–Crippen MR) is 98.8 cm³/mol. The van der Waals surface area contributed by atoms with Crippen LogP contribution in [0.3, 0.4) is 0 Å². The molecule has 3 rings (SSSR count). The highest BCUT2D eigenvalue weighted by molar-refractivity contribution is 7.99. The summed E-state index contributed by atoms with van der Waals surface area (Å²) in [4.78, 5) is 18.5. The van der Waals surface area contributed by atoms with Crippen LogP contribution in [0.1, 0.15) is 29.8 Å². The summed E-state index contributed by atoms with van der Waals surface area (Å²) >= 11 is 1.78. The number of ether oxygens (including phenoxy) is 2. The van der Waals surface area contributed by atoms with Crippen LogP contribution in [0.4, 0.5) is 0 Å². The van der Waals surface area contributed by atoms with Crippen molar-refractivity contribution in [2.24, 2.45) is 0 Å². The number of thioether (sulfide) groups is 1. The van der Waals surface area contributed by atoms with E-state index in [9.17, 15) is 4.79 Å². The third-order valence-corrected chi connectivity index (χ3v) is 5.35. The minimum atomic E-state index is -0.0282. The van der Waals surface area contributed by atoms with Gasteiger partial charge in [-0.3, -0.25) is 9.78 Å². The van der Waals surface area contributed by atoms with Gasteiger partial charge in [-0.15, -0.1) is 11.8 Å². The van der Waals surface area contributed by atoms with Crippen LogP contribution >= 0.6 is 11.8 Å². The number of hydrogen-bond donors (Lipinski definition) is 0. The number of pyridine rings is 1. The van der Waals surface area contributed by atoms with Gasteiger partial charge in [-0.1, -0.05) is 6.07 Å². The molecule has 0 radical (unpaired) electrons. The maximum Gasteiger partial charge on any atom is 0.224 e. The molecule has 0 N–H and O–H groups in total. The topological polar surface area (TPSA) is 51.7 Å². The van der Waals surface area contributed by atoms with Gasteiger partial charge >= 0.3 is 0 Å². The fourth-order valence-electron chi connectivity index (χ4n) is 2.87. The molecule has 1 amide bonds. The Morgan fingerprint density at radius 3 is 2.76 bits per heavy atom. The standard InChI is InChI=1S/C19H22N2O3S/c1-3-24-17-12-15(4-5-16(17)23-2)19-21(18(22)8-11-25-19)13-14-6-9-20-10-7-14/h4-7,9-10,12,19H,3,8,11,13H2,1-2H3. The first-order valence-corrected chi connectivity index (χ1v) is 9.38. The number of methoxy groups -OCH3 is 1. The maximum atomic E-state index is 12.6. The molecule has 1 atom stereocenters. The molecule has 5 nitrogen and oxygen atoms in total. The van der Waals surface area contributed by atoms with Gasteiger partial charge in [0.2, 0.25) is 5.91 Å². The Bertz CT molecular complexity index is 724. The quantitative estimate of drug-likeness (QED) is 0.789. The molecule has 2 heterocycles. The van der Waals surface area contributed by atoms with Gasteiger partial charge in [0.15, 0.2) is 11.5 Å². The minimum absolute atomic E-state index is 0.0282. The first kappa shape index (κ1) is 17.6. The average Bonchev–Trinajstić information content (AvgIpc) is 2.64. The van der Waals surface area contributed by atoms with Gasteiger partial charge in [0.05, 0.1) is 13.7 Å². The van der Waals surface area contributed by atoms with Crippen molar-refractivity contribution in [2.75, 3.05) is 19.5 Å². The number of carbonyl (C=O) groups excluding carboxylic acids is 1. The first-order valence-electron chi connectivity index (χ1n) is 8.33. The average molecular weight is 358 g/mol. The normalized spacial score (nSPS) is 17.4. The predicted octanol–water partition coefficient (Wildman–Crippen LogP) is 3.65. The molecule has 25 heavy (non-hydrogen) atoms. The fraction of sp³-hybridized carbons (Fsp3) is 0.368. The molecular formula is C19H22N2O3S. The maximum absolute atomic E-state index is 12.6. The largest absolute Gasteiger partial charge is 0.493 e. The molecule has 0 spiro atoms. The Labute approximate surface area is 152 Å². The SMILES string of the molecule is CCOc1cc(C2SCCC(=O)N2Cc2ccncc2)ccc1OC. The summed E-state index contributed by atoms with van der Waals surface area (Å²) in [5.74, 6) is 2.42. The van der Waals surface area contributed by atoms with Crippen molar-refractivity contribution in [2.45, 2.75) is 25.3 Å². The van der Waals surface area contributed by atoms with Gasteiger partial charge in [-0.25, -0.2) is 0 Å². The molecule has 6 heteroatoms. The summed E-state index contributed by atoms with van der Waals surface area (Å²) in [5, 5.41) is -0.0282. The molecule has 1 aromatic carbocycles. The minimum Gasteiger partial charge on any atom is -0.493 e. The number of benzene rings is 1. The lowest BCUT2D eigenvalue weighted by molar-refractivity contribution is -0.132. The van der Waals surface area contributed by atoms with Crippen LogP contribution in [0.2, 0.25) is 0 Å². The summed E-state index contributed by atoms with van der Waals surface area (Å²) in [6, 6.07) is 9.80. The van der Waals surface area contributed by atoms with Crippen molar-refractivity contribution < 1.29 is 14.3 Å². The van der Waals surface area contributed by atoms with Crippen LogP contribution in [0.25, 0.3) is 0 Å². The lowest BCUT2D eigenvalue weighted by Crippen LogP contribution is -2.36. The zero-order valence-electron chi connectivity index (χ0n) is 14.5. The molecule has 0 aliphatic carbocycles. The van der Waals surface area contributed by atoms with Crippen molar-refractivity contribution in [1.29, 1.82) is 0 Å². The van der Waals surface area contributed by atoms with Gasteiger partial charge < -0.3 is 14.4 Å². The second-order valence-electron chi connectivity index (χ2n) is 5.69. The Balaban J connectivity index is 1.89. The Kier molecular flexibility index (Phi) is 5.81. The van der Waals surface area contributed by atoms with Gasteiger partial charge in [-0.2, -0.15) is 0 Å². The van der Waals surface area contributed by atoms with Crippen LogP contribution in [-0.2, 0) is 11.3 Å². The van der Waals surface area contributed by atoms with E-state index in [2.05, 4.69) is 4.98 Å². The van der Waals surface area contributed by atoms with Crippen molar-refractivity contribution in [3.63, 3.8) is 0 Å². The van der Waals surface area contributed by atoms with Crippen molar-refractivity contribution >= 4 is 17.7 Å². The molecule has 0 bridgehead atoms. The monoisotopic (exact) mass is 358 g/mol. The number of rotatable bonds is 6. The van der Waals surface area contributed by atoms with Crippen molar-refractivity contribution in [3.05, 3.63) is 53.9 Å². The van der Waals surface area contributed by atoms with Gasteiger partial charge in [-0.05, 0) is 42.3 Å². The number of carbonyl (C=O) groups is 1. The van der Waals surface area contributed by atoms with Gasteiger partial charge in [0, 0.05) is 31.1 Å². The lowest BCUT2D eigenvalue weighted by atomic mass is 10.1.